The number of anilines is 2. The highest BCUT2D eigenvalue weighted by Crippen LogP contribution is 2.36. The lowest BCUT2D eigenvalue weighted by molar-refractivity contribution is -0.137. The van der Waals surface area contributed by atoms with E-state index in [1.165, 1.54) is 18.2 Å². The summed E-state index contributed by atoms with van der Waals surface area (Å²) in [6, 6.07) is 11.6. The number of rotatable bonds is 5. The normalized spacial score (nSPS) is 11.3. The molecule has 174 valence electrons. The van der Waals surface area contributed by atoms with Crippen molar-refractivity contribution in [1.82, 2.24) is 15.0 Å². The highest BCUT2D eigenvalue weighted by molar-refractivity contribution is 6.31. The minimum Gasteiger partial charge on any atom is -0.360 e. The van der Waals surface area contributed by atoms with Crippen molar-refractivity contribution >= 4 is 29.0 Å². The zero-order valence-corrected chi connectivity index (χ0v) is 18.0. The average Bonchev–Trinajstić information content (AvgIpc) is 3.31. The van der Waals surface area contributed by atoms with Gasteiger partial charge in [-0.3, -0.25) is 0 Å². The standard InChI is InChI=1S/C23H16ClF4N5O/c24-17-6-5-14(11-16(17)23(26,27)28)31-22(34)32-15-4-3-13(18(25)12-15)10-21-30-9-7-20(33-21)19-2-1-8-29-19/h1-9,11-12,29H,10H2,(H2,31,32,34). The number of hydrogen-bond donors (Lipinski definition) is 3. The predicted octanol–water partition coefficient (Wildman–Crippen LogP) is 6.52. The van der Waals surface area contributed by atoms with Crippen molar-refractivity contribution in [3.63, 3.8) is 0 Å². The molecule has 2 aromatic carbocycles. The second-order valence-corrected chi connectivity index (χ2v) is 7.60. The number of aromatic amines is 1. The molecule has 2 heterocycles. The molecule has 0 unspecified atom stereocenters. The van der Waals surface area contributed by atoms with Gasteiger partial charge in [-0.25, -0.2) is 19.2 Å². The Morgan fingerprint density at radius 3 is 2.44 bits per heavy atom. The van der Waals surface area contributed by atoms with Crippen LogP contribution in [0.25, 0.3) is 11.4 Å². The summed E-state index contributed by atoms with van der Waals surface area (Å²) in [6.07, 6.45) is -1.20. The molecule has 0 aliphatic carbocycles. The number of amides is 2. The molecule has 34 heavy (non-hydrogen) atoms. The van der Waals surface area contributed by atoms with Gasteiger partial charge >= 0.3 is 12.2 Å². The van der Waals surface area contributed by atoms with Gasteiger partial charge in [0.05, 0.1) is 22.0 Å². The van der Waals surface area contributed by atoms with Gasteiger partial charge in [-0.1, -0.05) is 17.7 Å². The second kappa shape index (κ2) is 9.52. The molecule has 4 aromatic rings. The lowest BCUT2D eigenvalue weighted by atomic mass is 10.1. The third-order valence-electron chi connectivity index (χ3n) is 4.77. The molecule has 0 aliphatic rings. The molecule has 0 radical (unpaired) electrons. The number of H-pyrrole nitrogens is 1. The van der Waals surface area contributed by atoms with Crippen molar-refractivity contribution in [2.45, 2.75) is 12.6 Å². The number of nitrogens with one attached hydrogen (secondary N) is 3. The zero-order valence-electron chi connectivity index (χ0n) is 17.3. The third-order valence-corrected chi connectivity index (χ3v) is 5.10. The van der Waals surface area contributed by atoms with Gasteiger partial charge in [-0.05, 0) is 54.1 Å². The molecule has 6 nitrogen and oxygen atoms in total. The summed E-state index contributed by atoms with van der Waals surface area (Å²) in [4.78, 5) is 23.8. The van der Waals surface area contributed by atoms with Crippen molar-refractivity contribution in [2.24, 2.45) is 0 Å². The maximum Gasteiger partial charge on any atom is 0.417 e. The SMILES string of the molecule is O=C(Nc1ccc(Cc2nccc(-c3ccc[nH]3)n2)c(F)c1)Nc1ccc(Cl)c(C(F)(F)F)c1. The Morgan fingerprint density at radius 1 is 1.03 bits per heavy atom. The number of hydrogen-bond acceptors (Lipinski definition) is 3. The summed E-state index contributed by atoms with van der Waals surface area (Å²) < 4.78 is 53.6. The van der Waals surface area contributed by atoms with Crippen LogP contribution in [0.15, 0.2) is 67.0 Å². The molecule has 2 amide bonds. The second-order valence-electron chi connectivity index (χ2n) is 7.20. The Labute approximate surface area is 196 Å². The number of alkyl halides is 3. The van der Waals surface area contributed by atoms with Crippen LogP contribution in [0.1, 0.15) is 17.0 Å². The van der Waals surface area contributed by atoms with E-state index in [4.69, 9.17) is 11.6 Å². The van der Waals surface area contributed by atoms with Crippen LogP contribution in [0.4, 0.5) is 33.7 Å². The van der Waals surface area contributed by atoms with Gasteiger partial charge < -0.3 is 15.6 Å². The molecule has 3 N–H and O–H groups in total. The molecule has 0 saturated heterocycles. The quantitative estimate of drug-likeness (QED) is 0.279. The maximum atomic E-state index is 14.6. The number of carbonyl (C=O) groups excluding carboxylic acids is 1. The van der Waals surface area contributed by atoms with Gasteiger partial charge in [0, 0.05) is 30.2 Å². The predicted molar refractivity (Wildman–Crippen MR) is 120 cm³/mol. The number of nitrogens with zero attached hydrogens (tertiary/aromatic N) is 2. The minimum atomic E-state index is -4.67. The number of halogens is 5. The molecule has 0 spiro atoms. The molecule has 0 bridgehead atoms. The summed E-state index contributed by atoms with van der Waals surface area (Å²) in [6.45, 7) is 0. The van der Waals surface area contributed by atoms with Gasteiger partial charge in [0.25, 0.3) is 0 Å². The van der Waals surface area contributed by atoms with Crippen LogP contribution in [0.2, 0.25) is 5.02 Å². The first-order valence-corrected chi connectivity index (χ1v) is 10.3. The van der Waals surface area contributed by atoms with Crippen LogP contribution in [0, 0.1) is 5.82 Å². The molecule has 0 atom stereocenters. The first kappa shape index (κ1) is 23.2. The maximum absolute atomic E-state index is 14.6. The summed E-state index contributed by atoms with van der Waals surface area (Å²) in [5, 5.41) is 4.17. The number of benzene rings is 2. The molecular formula is C23H16ClF4N5O. The van der Waals surface area contributed by atoms with E-state index >= 15 is 0 Å². The van der Waals surface area contributed by atoms with Gasteiger partial charge in [-0.15, -0.1) is 0 Å². The fraction of sp³-hybridized carbons (Fsp3) is 0.0870. The van der Waals surface area contributed by atoms with Crippen molar-refractivity contribution in [1.29, 1.82) is 0 Å². The van der Waals surface area contributed by atoms with E-state index in [1.807, 2.05) is 12.1 Å². The van der Waals surface area contributed by atoms with Crippen molar-refractivity contribution in [3.8, 4) is 11.4 Å². The van der Waals surface area contributed by atoms with E-state index < -0.39 is 28.6 Å². The van der Waals surface area contributed by atoms with Gasteiger partial charge in [-0.2, -0.15) is 13.2 Å². The summed E-state index contributed by atoms with van der Waals surface area (Å²) in [5.74, 6) is -0.190. The Bertz CT molecular complexity index is 1330. The first-order chi connectivity index (χ1) is 16.2. The molecule has 4 rings (SSSR count). The molecular weight excluding hydrogens is 474 g/mol. The zero-order chi connectivity index (χ0) is 24.3. The van der Waals surface area contributed by atoms with Crippen LogP contribution >= 0.6 is 11.6 Å². The number of urea groups is 1. The summed E-state index contributed by atoms with van der Waals surface area (Å²) >= 11 is 5.57. The first-order valence-electron chi connectivity index (χ1n) is 9.88. The fourth-order valence-corrected chi connectivity index (χ4v) is 3.40. The number of aromatic nitrogens is 3. The van der Waals surface area contributed by atoms with Crippen LogP contribution in [0.5, 0.6) is 0 Å². The highest BCUT2D eigenvalue weighted by atomic mass is 35.5. The van der Waals surface area contributed by atoms with Crippen molar-refractivity contribution in [3.05, 3.63) is 94.8 Å². The van der Waals surface area contributed by atoms with E-state index in [0.717, 1.165) is 17.8 Å². The van der Waals surface area contributed by atoms with Crippen molar-refractivity contribution < 1.29 is 22.4 Å². The van der Waals surface area contributed by atoms with Gasteiger partial charge in [0.15, 0.2) is 0 Å². The van der Waals surface area contributed by atoms with Crippen molar-refractivity contribution in [2.75, 3.05) is 10.6 Å². The average molecular weight is 490 g/mol. The van der Waals surface area contributed by atoms with E-state index in [9.17, 15) is 22.4 Å². The molecule has 0 saturated carbocycles. The molecule has 2 aromatic heterocycles. The monoisotopic (exact) mass is 489 g/mol. The van der Waals surface area contributed by atoms with E-state index in [2.05, 4.69) is 25.6 Å². The van der Waals surface area contributed by atoms with Crippen LogP contribution < -0.4 is 10.6 Å². The number of carbonyl (C=O) groups is 1. The Balaban J connectivity index is 1.43. The van der Waals surface area contributed by atoms with Gasteiger partial charge in [0.2, 0.25) is 0 Å². The van der Waals surface area contributed by atoms with Crippen LogP contribution in [-0.4, -0.2) is 21.0 Å². The summed E-state index contributed by atoms with van der Waals surface area (Å²) in [7, 11) is 0. The Hall–Kier alpha value is -3.92. The Kier molecular flexibility index (Phi) is 6.51. The smallest absolute Gasteiger partial charge is 0.360 e. The Morgan fingerprint density at radius 2 is 1.76 bits per heavy atom. The fourth-order valence-electron chi connectivity index (χ4n) is 3.18. The molecule has 0 aliphatic heterocycles. The molecule has 0 fully saturated rings. The highest BCUT2D eigenvalue weighted by Gasteiger charge is 2.33. The molecule has 11 heteroatoms. The topological polar surface area (TPSA) is 82.7 Å². The summed E-state index contributed by atoms with van der Waals surface area (Å²) in [5.41, 5.74) is 0.696. The van der Waals surface area contributed by atoms with E-state index in [1.54, 1.807) is 18.5 Å². The lowest BCUT2D eigenvalue weighted by Crippen LogP contribution is -2.20. The van der Waals surface area contributed by atoms with Crippen LogP contribution in [-0.2, 0) is 12.6 Å². The lowest BCUT2D eigenvalue weighted by Gasteiger charge is -2.13. The van der Waals surface area contributed by atoms with Crippen LogP contribution in [0.3, 0.4) is 0 Å². The van der Waals surface area contributed by atoms with E-state index in [-0.39, 0.29) is 17.8 Å². The minimum absolute atomic E-state index is 0.116. The largest absolute Gasteiger partial charge is 0.417 e. The third kappa shape index (κ3) is 5.52. The van der Waals surface area contributed by atoms with Gasteiger partial charge in [0.1, 0.15) is 11.6 Å². The van der Waals surface area contributed by atoms with E-state index in [0.29, 0.717) is 23.1 Å².